The number of rotatable bonds is 1. The predicted octanol–water partition coefficient (Wildman–Crippen LogP) is 2.42. The van der Waals surface area contributed by atoms with Crippen molar-refractivity contribution in [3.05, 3.63) is 0 Å². The fourth-order valence-electron chi connectivity index (χ4n) is 1.85. The van der Waals surface area contributed by atoms with Crippen molar-refractivity contribution in [2.24, 2.45) is 0 Å². The van der Waals surface area contributed by atoms with Gasteiger partial charge in [0.2, 0.25) is 0 Å². The van der Waals surface area contributed by atoms with Crippen LogP contribution < -0.4 is 0 Å². The van der Waals surface area contributed by atoms with Crippen LogP contribution in [0.25, 0.3) is 0 Å². The summed E-state index contributed by atoms with van der Waals surface area (Å²) in [5.41, 5.74) is -1.57. The van der Waals surface area contributed by atoms with E-state index in [0.29, 0.717) is 19.5 Å². The Morgan fingerprint density at radius 1 is 1.42 bits per heavy atom. The fourth-order valence-corrected chi connectivity index (χ4v) is 1.85. The van der Waals surface area contributed by atoms with Crippen molar-refractivity contribution in [1.82, 2.24) is 4.90 Å². The lowest BCUT2D eigenvalue weighted by molar-refractivity contribution is -0.216. The highest BCUT2D eigenvalue weighted by atomic mass is 19.4. The van der Waals surface area contributed by atoms with Crippen molar-refractivity contribution in [2.45, 2.75) is 38.4 Å². The second-order valence-electron chi connectivity index (χ2n) is 3.45. The van der Waals surface area contributed by atoms with Crippen molar-refractivity contribution in [3.63, 3.8) is 0 Å². The summed E-state index contributed by atoms with van der Waals surface area (Å²) >= 11 is 0. The molecular weight excluding hydrogens is 167 g/mol. The summed E-state index contributed by atoms with van der Waals surface area (Å²) in [4.78, 5) is 1.51. The van der Waals surface area contributed by atoms with E-state index in [-0.39, 0.29) is 6.42 Å². The lowest BCUT2D eigenvalue weighted by atomic mass is 9.98. The molecule has 1 heterocycles. The fraction of sp³-hybridized carbons (Fsp3) is 1.00. The Balaban J connectivity index is 2.82. The molecule has 0 aromatic heterocycles. The van der Waals surface area contributed by atoms with Crippen molar-refractivity contribution < 1.29 is 13.2 Å². The lowest BCUT2D eigenvalue weighted by Gasteiger charge is -2.36. The first-order valence-electron chi connectivity index (χ1n) is 4.23. The second kappa shape index (κ2) is 2.91. The second-order valence-corrected chi connectivity index (χ2v) is 3.45. The zero-order chi connectivity index (χ0) is 9.41. The van der Waals surface area contributed by atoms with Gasteiger partial charge in [0, 0.05) is 0 Å². The van der Waals surface area contributed by atoms with E-state index in [1.54, 1.807) is 6.92 Å². The van der Waals surface area contributed by atoms with Gasteiger partial charge in [-0.1, -0.05) is 6.92 Å². The summed E-state index contributed by atoms with van der Waals surface area (Å²) in [7, 11) is 0. The van der Waals surface area contributed by atoms with Crippen LogP contribution in [0.5, 0.6) is 0 Å². The number of alkyl halides is 3. The topological polar surface area (TPSA) is 3.24 Å². The van der Waals surface area contributed by atoms with E-state index in [9.17, 15) is 13.2 Å². The van der Waals surface area contributed by atoms with Gasteiger partial charge in [-0.3, -0.25) is 4.90 Å². The monoisotopic (exact) mass is 181 g/mol. The molecule has 0 radical (unpaired) electrons. The first-order valence-corrected chi connectivity index (χ1v) is 4.23. The largest absolute Gasteiger partial charge is 0.406 e. The number of nitrogens with zero attached hydrogens (tertiary/aromatic N) is 1. The Morgan fingerprint density at radius 2 is 2.00 bits per heavy atom. The van der Waals surface area contributed by atoms with Gasteiger partial charge >= 0.3 is 6.18 Å². The Kier molecular flexibility index (Phi) is 2.38. The lowest BCUT2D eigenvalue weighted by Crippen LogP contribution is -2.52. The van der Waals surface area contributed by atoms with Crippen LogP contribution in [-0.2, 0) is 0 Å². The average Bonchev–Trinajstić information content (AvgIpc) is 2.30. The highest BCUT2D eigenvalue weighted by Gasteiger charge is 2.56. The van der Waals surface area contributed by atoms with Crippen LogP contribution in [0.2, 0.25) is 0 Å². The first-order chi connectivity index (χ1) is 5.42. The Morgan fingerprint density at radius 3 is 2.33 bits per heavy atom. The van der Waals surface area contributed by atoms with Crippen molar-refractivity contribution in [1.29, 1.82) is 0 Å². The molecule has 1 aliphatic heterocycles. The minimum atomic E-state index is -4.08. The molecule has 12 heavy (non-hydrogen) atoms. The normalized spacial score (nSPS) is 32.8. The van der Waals surface area contributed by atoms with Gasteiger partial charge in [0.1, 0.15) is 5.54 Å². The molecule has 1 unspecified atom stereocenters. The standard InChI is InChI=1S/C8H14F3N/c1-3-12-6-4-5-7(12,2)8(9,10)11/h3-6H2,1-2H3. The molecule has 1 nitrogen and oxygen atoms in total. The molecule has 72 valence electrons. The van der Waals surface area contributed by atoms with Gasteiger partial charge in [-0.05, 0) is 32.9 Å². The maximum absolute atomic E-state index is 12.5. The molecule has 1 saturated heterocycles. The summed E-state index contributed by atoms with van der Waals surface area (Å²) in [5, 5.41) is 0. The molecule has 1 atom stereocenters. The summed E-state index contributed by atoms with van der Waals surface area (Å²) < 4.78 is 37.6. The number of hydrogen-bond donors (Lipinski definition) is 0. The molecule has 1 rings (SSSR count). The van der Waals surface area contributed by atoms with E-state index in [2.05, 4.69) is 0 Å². The van der Waals surface area contributed by atoms with Gasteiger partial charge in [-0.2, -0.15) is 13.2 Å². The third kappa shape index (κ3) is 1.32. The van der Waals surface area contributed by atoms with E-state index >= 15 is 0 Å². The maximum Gasteiger partial charge on any atom is 0.406 e. The molecular formula is C8H14F3N. The molecule has 0 N–H and O–H groups in total. The molecule has 0 spiro atoms. The van der Waals surface area contributed by atoms with Crippen LogP contribution in [0.3, 0.4) is 0 Å². The van der Waals surface area contributed by atoms with Gasteiger partial charge in [0.15, 0.2) is 0 Å². The predicted molar refractivity (Wildman–Crippen MR) is 40.9 cm³/mol. The van der Waals surface area contributed by atoms with Crippen LogP contribution in [0.4, 0.5) is 13.2 Å². The minimum absolute atomic E-state index is 0.240. The molecule has 0 aromatic carbocycles. The van der Waals surface area contributed by atoms with Gasteiger partial charge in [0.05, 0.1) is 0 Å². The summed E-state index contributed by atoms with van der Waals surface area (Å²) in [5.74, 6) is 0. The zero-order valence-electron chi connectivity index (χ0n) is 7.41. The third-order valence-electron chi connectivity index (χ3n) is 2.78. The zero-order valence-corrected chi connectivity index (χ0v) is 7.41. The Labute approximate surface area is 70.5 Å². The molecule has 4 heteroatoms. The Bertz CT molecular complexity index is 166. The van der Waals surface area contributed by atoms with Crippen LogP contribution in [0.15, 0.2) is 0 Å². The van der Waals surface area contributed by atoms with Gasteiger partial charge in [-0.15, -0.1) is 0 Å². The quantitative estimate of drug-likeness (QED) is 0.600. The molecule has 0 saturated carbocycles. The molecule has 0 aromatic rings. The van der Waals surface area contributed by atoms with Gasteiger partial charge < -0.3 is 0 Å². The number of likely N-dealkylation sites (tertiary alicyclic amines) is 1. The molecule has 0 amide bonds. The molecule has 0 aliphatic carbocycles. The van der Waals surface area contributed by atoms with Crippen LogP contribution >= 0.6 is 0 Å². The van der Waals surface area contributed by atoms with Crippen LogP contribution in [-0.4, -0.2) is 29.7 Å². The SMILES string of the molecule is CCN1CCCC1(C)C(F)(F)F. The Hall–Kier alpha value is -0.250. The highest BCUT2D eigenvalue weighted by molar-refractivity contribution is 4.97. The summed E-state index contributed by atoms with van der Waals surface area (Å²) in [6.45, 7) is 4.13. The van der Waals surface area contributed by atoms with E-state index in [4.69, 9.17) is 0 Å². The van der Waals surface area contributed by atoms with E-state index in [0.717, 1.165) is 0 Å². The average molecular weight is 181 g/mol. The number of hydrogen-bond acceptors (Lipinski definition) is 1. The third-order valence-corrected chi connectivity index (χ3v) is 2.78. The maximum atomic E-state index is 12.5. The van der Waals surface area contributed by atoms with Crippen LogP contribution in [0, 0.1) is 0 Å². The van der Waals surface area contributed by atoms with E-state index in [1.165, 1.54) is 11.8 Å². The van der Waals surface area contributed by atoms with Crippen LogP contribution in [0.1, 0.15) is 26.7 Å². The molecule has 1 fully saturated rings. The van der Waals surface area contributed by atoms with Crippen molar-refractivity contribution in [3.8, 4) is 0 Å². The first kappa shape index (κ1) is 9.84. The van der Waals surface area contributed by atoms with E-state index < -0.39 is 11.7 Å². The minimum Gasteiger partial charge on any atom is -0.290 e. The summed E-state index contributed by atoms with van der Waals surface area (Å²) in [6, 6.07) is 0. The van der Waals surface area contributed by atoms with Crippen molar-refractivity contribution >= 4 is 0 Å². The van der Waals surface area contributed by atoms with E-state index in [1.807, 2.05) is 0 Å². The van der Waals surface area contributed by atoms with Gasteiger partial charge in [-0.25, -0.2) is 0 Å². The van der Waals surface area contributed by atoms with Gasteiger partial charge in [0.25, 0.3) is 0 Å². The molecule has 1 aliphatic rings. The summed E-state index contributed by atoms with van der Waals surface area (Å²) in [6.07, 6.45) is -3.19. The smallest absolute Gasteiger partial charge is 0.290 e. The van der Waals surface area contributed by atoms with Crippen molar-refractivity contribution in [2.75, 3.05) is 13.1 Å². The number of halogens is 3. The highest BCUT2D eigenvalue weighted by Crippen LogP contribution is 2.42. The molecule has 0 bridgehead atoms.